The Bertz CT molecular complexity index is 201. The molecule has 0 saturated heterocycles. The van der Waals surface area contributed by atoms with Crippen LogP contribution in [0.15, 0.2) is 0 Å². The smallest absolute Gasteiger partial charge is 0.303 e. The normalized spacial score (nSPS) is 34.9. The van der Waals surface area contributed by atoms with Crippen molar-refractivity contribution in [1.29, 1.82) is 0 Å². The molecule has 0 bridgehead atoms. The first-order chi connectivity index (χ1) is 5.89. The fourth-order valence-electron chi connectivity index (χ4n) is 1.69. The maximum Gasteiger partial charge on any atom is 0.422 e. The average molecular weight is 198 g/mol. The maximum absolute atomic E-state index is 13.2. The molecule has 2 unspecified atom stereocenters. The van der Waals surface area contributed by atoms with Crippen LogP contribution in [0.5, 0.6) is 0 Å². The van der Waals surface area contributed by atoms with Crippen LogP contribution in [0.25, 0.3) is 0 Å². The van der Waals surface area contributed by atoms with E-state index >= 15 is 0 Å². The fourth-order valence-corrected chi connectivity index (χ4v) is 1.69. The number of carbonyl (C=O) groups is 1. The lowest BCUT2D eigenvalue weighted by Crippen LogP contribution is -2.38. The van der Waals surface area contributed by atoms with Crippen molar-refractivity contribution < 1.29 is 22.4 Å². The molecule has 0 radical (unpaired) electrons. The maximum atomic E-state index is 13.2. The quantitative estimate of drug-likeness (QED) is 0.492. The Morgan fingerprint density at radius 2 is 2.08 bits per heavy atom. The molecule has 2 atom stereocenters. The van der Waals surface area contributed by atoms with Crippen molar-refractivity contribution in [2.24, 2.45) is 5.92 Å². The molecule has 5 heteroatoms. The molecule has 1 fully saturated rings. The van der Waals surface area contributed by atoms with E-state index in [0.717, 1.165) is 0 Å². The first-order valence-electron chi connectivity index (χ1n) is 4.08. The van der Waals surface area contributed by atoms with E-state index in [4.69, 9.17) is 0 Å². The number of halogens is 4. The van der Waals surface area contributed by atoms with Crippen molar-refractivity contribution >= 4 is 6.29 Å². The van der Waals surface area contributed by atoms with E-state index in [0.29, 0.717) is 6.29 Å². The zero-order valence-electron chi connectivity index (χ0n) is 6.90. The van der Waals surface area contributed by atoms with Gasteiger partial charge in [0.25, 0.3) is 0 Å². The van der Waals surface area contributed by atoms with E-state index in [-0.39, 0.29) is 12.8 Å². The molecule has 1 saturated carbocycles. The minimum absolute atomic E-state index is 0.0295. The Balaban J connectivity index is 2.61. The van der Waals surface area contributed by atoms with E-state index in [1.807, 2.05) is 0 Å². The molecular weight excluding hydrogens is 188 g/mol. The second-order valence-corrected chi connectivity index (χ2v) is 3.47. The standard InChI is InChI=1S/C8H10F4O/c9-7(8(10,11)12)3-1-6(5-7)2-4-13/h4,6H,1-3,5H2. The van der Waals surface area contributed by atoms with Gasteiger partial charge in [-0.25, -0.2) is 4.39 Å². The number of alkyl halides is 4. The first kappa shape index (κ1) is 10.5. The largest absolute Gasteiger partial charge is 0.422 e. The number of hydrogen-bond acceptors (Lipinski definition) is 1. The van der Waals surface area contributed by atoms with Gasteiger partial charge < -0.3 is 4.79 Å². The van der Waals surface area contributed by atoms with Crippen LogP contribution in [-0.2, 0) is 4.79 Å². The first-order valence-corrected chi connectivity index (χ1v) is 4.08. The molecule has 1 aliphatic rings. The summed E-state index contributed by atoms with van der Waals surface area (Å²) in [4.78, 5) is 10.0. The second-order valence-electron chi connectivity index (χ2n) is 3.47. The van der Waals surface area contributed by atoms with Gasteiger partial charge in [0, 0.05) is 6.42 Å². The Morgan fingerprint density at radius 1 is 1.46 bits per heavy atom. The van der Waals surface area contributed by atoms with Crippen LogP contribution in [0.1, 0.15) is 25.7 Å². The molecule has 0 aromatic carbocycles. The van der Waals surface area contributed by atoms with Crippen molar-refractivity contribution in [3.05, 3.63) is 0 Å². The molecule has 0 amide bonds. The van der Waals surface area contributed by atoms with Gasteiger partial charge in [-0.3, -0.25) is 0 Å². The Hall–Kier alpha value is -0.610. The van der Waals surface area contributed by atoms with Crippen molar-refractivity contribution in [3.63, 3.8) is 0 Å². The van der Waals surface area contributed by atoms with Gasteiger partial charge in [-0.05, 0) is 25.2 Å². The predicted molar refractivity (Wildman–Crippen MR) is 37.9 cm³/mol. The van der Waals surface area contributed by atoms with Crippen molar-refractivity contribution in [3.8, 4) is 0 Å². The molecule has 1 nitrogen and oxygen atoms in total. The lowest BCUT2D eigenvalue weighted by atomic mass is 10.00. The molecule has 76 valence electrons. The second kappa shape index (κ2) is 3.27. The van der Waals surface area contributed by atoms with Crippen LogP contribution in [-0.4, -0.2) is 18.1 Å². The third-order valence-corrected chi connectivity index (χ3v) is 2.50. The molecule has 1 aliphatic carbocycles. The monoisotopic (exact) mass is 198 g/mol. The van der Waals surface area contributed by atoms with Crippen LogP contribution < -0.4 is 0 Å². The lowest BCUT2D eigenvalue weighted by Gasteiger charge is -2.22. The predicted octanol–water partition coefficient (Wildman–Crippen LogP) is 2.65. The van der Waals surface area contributed by atoms with Crippen molar-refractivity contribution in [2.45, 2.75) is 37.5 Å². The van der Waals surface area contributed by atoms with Crippen LogP contribution >= 0.6 is 0 Å². The van der Waals surface area contributed by atoms with E-state index in [2.05, 4.69) is 0 Å². The van der Waals surface area contributed by atoms with E-state index < -0.39 is 30.6 Å². The zero-order chi connectivity index (χ0) is 10.1. The molecular formula is C8H10F4O. The minimum Gasteiger partial charge on any atom is -0.303 e. The topological polar surface area (TPSA) is 17.1 Å². The van der Waals surface area contributed by atoms with Gasteiger partial charge in [0.05, 0.1) is 0 Å². The molecule has 1 rings (SSSR count). The summed E-state index contributed by atoms with van der Waals surface area (Å²) < 4.78 is 49.4. The summed E-state index contributed by atoms with van der Waals surface area (Å²) >= 11 is 0. The number of hydrogen-bond donors (Lipinski definition) is 0. The molecule has 13 heavy (non-hydrogen) atoms. The van der Waals surface area contributed by atoms with Crippen LogP contribution in [0.2, 0.25) is 0 Å². The van der Waals surface area contributed by atoms with Gasteiger partial charge in [-0.15, -0.1) is 0 Å². The van der Waals surface area contributed by atoms with Crippen LogP contribution in [0.4, 0.5) is 17.6 Å². The van der Waals surface area contributed by atoms with E-state index in [9.17, 15) is 22.4 Å². The highest BCUT2D eigenvalue weighted by Crippen LogP contribution is 2.48. The van der Waals surface area contributed by atoms with Crippen molar-refractivity contribution in [2.75, 3.05) is 0 Å². The summed E-state index contributed by atoms with van der Waals surface area (Å²) in [6.07, 6.45) is -5.13. The number of carbonyl (C=O) groups excluding carboxylic acids is 1. The third-order valence-electron chi connectivity index (χ3n) is 2.50. The van der Waals surface area contributed by atoms with E-state index in [1.54, 1.807) is 0 Å². The molecule has 0 aromatic heterocycles. The molecule has 0 aromatic rings. The summed E-state index contributed by atoms with van der Waals surface area (Å²) in [6, 6.07) is 0. The van der Waals surface area contributed by atoms with Crippen LogP contribution in [0, 0.1) is 5.92 Å². The molecule has 0 aliphatic heterocycles. The number of aldehydes is 1. The summed E-state index contributed by atoms with van der Waals surface area (Å²) in [5, 5.41) is 0. The summed E-state index contributed by atoms with van der Waals surface area (Å²) in [5.74, 6) is -0.441. The van der Waals surface area contributed by atoms with Crippen LogP contribution in [0.3, 0.4) is 0 Å². The summed E-state index contributed by atoms with van der Waals surface area (Å²) in [6.45, 7) is 0. The molecule has 0 spiro atoms. The SMILES string of the molecule is O=CCC1CCC(F)(C(F)(F)F)C1. The molecule has 0 heterocycles. The van der Waals surface area contributed by atoms with Gasteiger partial charge in [0.1, 0.15) is 6.29 Å². The number of rotatable bonds is 2. The Morgan fingerprint density at radius 3 is 2.46 bits per heavy atom. The summed E-state index contributed by atoms with van der Waals surface area (Å²) in [5.41, 5.74) is -3.05. The molecule has 0 N–H and O–H groups in total. The Labute approximate surface area is 73.1 Å². The zero-order valence-corrected chi connectivity index (χ0v) is 6.90. The van der Waals surface area contributed by atoms with Crippen molar-refractivity contribution in [1.82, 2.24) is 0 Å². The average Bonchev–Trinajstić information content (AvgIpc) is 2.32. The fraction of sp³-hybridized carbons (Fsp3) is 0.875. The highest BCUT2D eigenvalue weighted by molar-refractivity contribution is 5.49. The van der Waals surface area contributed by atoms with E-state index in [1.165, 1.54) is 0 Å². The Kier molecular flexibility index (Phi) is 2.63. The van der Waals surface area contributed by atoms with Gasteiger partial charge in [0.15, 0.2) is 0 Å². The van der Waals surface area contributed by atoms with Gasteiger partial charge in [-0.1, -0.05) is 0 Å². The van der Waals surface area contributed by atoms with Gasteiger partial charge in [-0.2, -0.15) is 13.2 Å². The lowest BCUT2D eigenvalue weighted by molar-refractivity contribution is -0.228. The van der Waals surface area contributed by atoms with Gasteiger partial charge in [0.2, 0.25) is 5.67 Å². The summed E-state index contributed by atoms with van der Waals surface area (Å²) in [7, 11) is 0. The minimum atomic E-state index is -4.79. The highest BCUT2D eigenvalue weighted by atomic mass is 19.4. The third kappa shape index (κ3) is 2.00. The highest BCUT2D eigenvalue weighted by Gasteiger charge is 2.58. The van der Waals surface area contributed by atoms with Gasteiger partial charge >= 0.3 is 6.18 Å².